The summed E-state index contributed by atoms with van der Waals surface area (Å²) in [4.78, 5) is 10.9. The van der Waals surface area contributed by atoms with Gasteiger partial charge in [-0.2, -0.15) is 0 Å². The maximum absolute atomic E-state index is 10.9. The molecule has 3 nitrogen and oxygen atoms in total. The first-order valence-electron chi connectivity index (χ1n) is 3.78. The van der Waals surface area contributed by atoms with Gasteiger partial charge in [0, 0.05) is 0 Å². The summed E-state index contributed by atoms with van der Waals surface area (Å²) in [5, 5.41) is 9.48. The van der Waals surface area contributed by atoms with Crippen molar-refractivity contribution >= 4 is 5.78 Å². The summed E-state index contributed by atoms with van der Waals surface area (Å²) < 4.78 is 0. The Bertz CT molecular complexity index is 152. The molecule has 0 heterocycles. The molecule has 0 bridgehead atoms. The highest BCUT2D eigenvalue weighted by Crippen LogP contribution is 2.15. The van der Waals surface area contributed by atoms with Gasteiger partial charge in [-0.25, -0.2) is 0 Å². The molecule has 0 saturated heterocycles. The number of nitrogens with two attached hydrogens (primary N) is 1. The van der Waals surface area contributed by atoms with Gasteiger partial charge in [0.05, 0.1) is 11.6 Å². The van der Waals surface area contributed by atoms with Crippen LogP contribution in [0.2, 0.25) is 0 Å². The number of hydrogen-bond donors (Lipinski definition) is 2. The van der Waals surface area contributed by atoms with Crippen LogP contribution in [0.4, 0.5) is 0 Å². The van der Waals surface area contributed by atoms with Crippen LogP contribution in [0.5, 0.6) is 0 Å². The maximum Gasteiger partial charge on any atom is 0.151 e. The molecule has 0 radical (unpaired) electrons. The Hall–Kier alpha value is -0.410. The predicted octanol–water partition coefficient (Wildman–Crippen LogP) is 0.310. The minimum absolute atomic E-state index is 0.00824. The van der Waals surface area contributed by atoms with Gasteiger partial charge in [0.2, 0.25) is 0 Å². The van der Waals surface area contributed by atoms with Crippen molar-refractivity contribution in [3.63, 3.8) is 0 Å². The van der Waals surface area contributed by atoms with Crippen molar-refractivity contribution in [1.29, 1.82) is 0 Å². The molecule has 0 aliphatic rings. The van der Waals surface area contributed by atoms with E-state index in [1.807, 2.05) is 13.8 Å². The summed E-state index contributed by atoms with van der Waals surface area (Å²) in [5.74, 6) is -0.174. The third-order valence-corrected chi connectivity index (χ3v) is 2.00. The van der Waals surface area contributed by atoms with Crippen LogP contribution in [0.25, 0.3) is 0 Å². The number of carbonyl (C=O) groups excluding carboxylic acids is 1. The van der Waals surface area contributed by atoms with Crippen molar-refractivity contribution in [2.45, 2.75) is 39.3 Å². The fraction of sp³-hybridized carbons (Fsp3) is 0.875. The van der Waals surface area contributed by atoms with Gasteiger partial charge >= 0.3 is 0 Å². The number of aliphatic hydroxyl groups excluding tert-OH is 1. The maximum atomic E-state index is 10.9. The van der Waals surface area contributed by atoms with E-state index in [-0.39, 0.29) is 11.7 Å². The summed E-state index contributed by atoms with van der Waals surface area (Å²) in [6.45, 7) is 6.61. The lowest BCUT2D eigenvalue weighted by Crippen LogP contribution is -2.55. The van der Waals surface area contributed by atoms with E-state index >= 15 is 0 Å². The van der Waals surface area contributed by atoms with Crippen LogP contribution in [0.1, 0.15) is 27.7 Å². The molecule has 0 unspecified atom stereocenters. The number of Topliss-reactive ketones (excluding diaryl/α,β-unsaturated/α-hetero) is 1. The molecule has 66 valence electrons. The second-order valence-electron chi connectivity index (χ2n) is 3.53. The van der Waals surface area contributed by atoms with Crippen molar-refractivity contribution < 1.29 is 9.90 Å². The van der Waals surface area contributed by atoms with Gasteiger partial charge in [0.25, 0.3) is 0 Å². The first kappa shape index (κ1) is 10.6. The van der Waals surface area contributed by atoms with E-state index < -0.39 is 11.6 Å². The highest BCUT2D eigenvalue weighted by molar-refractivity contribution is 5.86. The molecule has 0 amide bonds. The van der Waals surface area contributed by atoms with Crippen molar-refractivity contribution in [2.24, 2.45) is 11.7 Å². The second kappa shape index (κ2) is 3.32. The summed E-state index contributed by atoms with van der Waals surface area (Å²) in [7, 11) is 0. The lowest BCUT2D eigenvalue weighted by atomic mass is 9.85. The fourth-order valence-corrected chi connectivity index (χ4v) is 0.901. The van der Waals surface area contributed by atoms with Gasteiger partial charge in [-0.15, -0.1) is 0 Å². The lowest BCUT2D eigenvalue weighted by Gasteiger charge is -2.30. The Morgan fingerprint density at radius 2 is 1.91 bits per heavy atom. The normalized spacial score (nSPS) is 19.5. The number of ketones is 1. The SMILES string of the molecule is CC(=O)[C@@](C)(N)[C@H](O)C(C)C. The van der Waals surface area contributed by atoms with Crippen LogP contribution in [0.15, 0.2) is 0 Å². The zero-order chi connectivity index (χ0) is 9.23. The molecular formula is C8H17NO2. The van der Waals surface area contributed by atoms with Crippen LogP contribution < -0.4 is 5.73 Å². The van der Waals surface area contributed by atoms with Gasteiger partial charge in [-0.3, -0.25) is 4.79 Å². The highest BCUT2D eigenvalue weighted by atomic mass is 16.3. The first-order valence-corrected chi connectivity index (χ1v) is 3.78. The molecule has 3 N–H and O–H groups in total. The molecule has 0 aliphatic heterocycles. The molecule has 0 saturated carbocycles. The van der Waals surface area contributed by atoms with Gasteiger partial charge in [0.1, 0.15) is 0 Å². The lowest BCUT2D eigenvalue weighted by molar-refractivity contribution is -0.126. The van der Waals surface area contributed by atoms with Gasteiger partial charge < -0.3 is 10.8 Å². The van der Waals surface area contributed by atoms with Gasteiger partial charge in [-0.05, 0) is 19.8 Å². The molecule has 0 fully saturated rings. The van der Waals surface area contributed by atoms with E-state index in [1.165, 1.54) is 6.92 Å². The standard InChI is InChI=1S/C8H17NO2/c1-5(2)7(11)8(4,9)6(3)10/h5,7,11H,9H2,1-4H3/t7-,8-/m1/s1. The third kappa shape index (κ3) is 2.27. The largest absolute Gasteiger partial charge is 0.390 e. The van der Waals surface area contributed by atoms with Crippen molar-refractivity contribution in [1.82, 2.24) is 0 Å². The summed E-state index contributed by atoms with van der Waals surface area (Å²) >= 11 is 0. The smallest absolute Gasteiger partial charge is 0.151 e. The zero-order valence-electron chi connectivity index (χ0n) is 7.59. The summed E-state index contributed by atoms with van der Waals surface area (Å²) in [6.07, 6.45) is -0.764. The molecule has 0 aromatic rings. The summed E-state index contributed by atoms with van der Waals surface area (Å²) in [6, 6.07) is 0. The average molecular weight is 159 g/mol. The van der Waals surface area contributed by atoms with Crippen molar-refractivity contribution in [3.8, 4) is 0 Å². The first-order chi connectivity index (χ1) is 4.80. The average Bonchev–Trinajstić information content (AvgIpc) is 1.85. The van der Waals surface area contributed by atoms with E-state index in [0.29, 0.717) is 0 Å². The Balaban J connectivity index is 4.42. The van der Waals surface area contributed by atoms with Crippen LogP contribution in [-0.4, -0.2) is 22.5 Å². The highest BCUT2D eigenvalue weighted by Gasteiger charge is 2.34. The topological polar surface area (TPSA) is 63.3 Å². The van der Waals surface area contributed by atoms with Crippen molar-refractivity contribution in [3.05, 3.63) is 0 Å². The Morgan fingerprint density at radius 1 is 1.55 bits per heavy atom. The van der Waals surface area contributed by atoms with Gasteiger partial charge in [-0.1, -0.05) is 13.8 Å². The Morgan fingerprint density at radius 3 is 2.00 bits per heavy atom. The molecular weight excluding hydrogens is 142 g/mol. The zero-order valence-corrected chi connectivity index (χ0v) is 7.59. The van der Waals surface area contributed by atoms with E-state index in [1.54, 1.807) is 6.92 Å². The van der Waals surface area contributed by atoms with Crippen LogP contribution in [-0.2, 0) is 4.79 Å². The molecule has 0 spiro atoms. The number of carbonyl (C=O) groups is 1. The van der Waals surface area contributed by atoms with E-state index in [4.69, 9.17) is 5.73 Å². The van der Waals surface area contributed by atoms with E-state index in [2.05, 4.69) is 0 Å². The molecule has 0 aliphatic carbocycles. The molecule has 3 heteroatoms. The third-order valence-electron chi connectivity index (χ3n) is 2.00. The quantitative estimate of drug-likeness (QED) is 0.623. The Labute approximate surface area is 67.6 Å². The number of hydrogen-bond acceptors (Lipinski definition) is 3. The molecule has 2 atom stereocenters. The molecule has 0 aromatic carbocycles. The fourth-order valence-electron chi connectivity index (χ4n) is 0.901. The second-order valence-corrected chi connectivity index (χ2v) is 3.53. The number of aliphatic hydroxyl groups is 1. The number of rotatable bonds is 3. The van der Waals surface area contributed by atoms with Crippen molar-refractivity contribution in [2.75, 3.05) is 0 Å². The predicted molar refractivity (Wildman–Crippen MR) is 44.1 cm³/mol. The molecule has 0 rings (SSSR count). The van der Waals surface area contributed by atoms with Crippen LogP contribution in [0, 0.1) is 5.92 Å². The van der Waals surface area contributed by atoms with Crippen LogP contribution >= 0.6 is 0 Å². The minimum atomic E-state index is -1.10. The molecule has 11 heavy (non-hydrogen) atoms. The Kier molecular flexibility index (Phi) is 3.20. The summed E-state index contributed by atoms with van der Waals surface area (Å²) in [5.41, 5.74) is 4.50. The van der Waals surface area contributed by atoms with Crippen LogP contribution in [0.3, 0.4) is 0 Å². The monoisotopic (exact) mass is 159 g/mol. The van der Waals surface area contributed by atoms with Gasteiger partial charge in [0.15, 0.2) is 5.78 Å². The molecule has 0 aromatic heterocycles. The van der Waals surface area contributed by atoms with E-state index in [9.17, 15) is 9.90 Å². The van der Waals surface area contributed by atoms with E-state index in [0.717, 1.165) is 0 Å². The minimum Gasteiger partial charge on any atom is -0.390 e.